The smallest absolute Gasteiger partial charge is 0.243 e. The van der Waals surface area contributed by atoms with Crippen molar-refractivity contribution in [2.45, 2.75) is 45.2 Å². The number of ether oxygens (including phenoxy) is 2. The molecule has 1 aromatic carbocycles. The molecule has 0 N–H and O–H groups in total. The minimum Gasteiger partial charge on any atom is -0.497 e. The summed E-state index contributed by atoms with van der Waals surface area (Å²) in [4.78, 5) is 32.4. The number of halogens is 1. The molecule has 1 aliphatic heterocycles. The van der Waals surface area contributed by atoms with Gasteiger partial charge in [-0.1, -0.05) is 17.7 Å². The molecule has 29 heavy (non-hydrogen) atoms. The van der Waals surface area contributed by atoms with Crippen molar-refractivity contribution >= 4 is 23.3 Å². The van der Waals surface area contributed by atoms with Crippen LogP contribution in [0.3, 0.4) is 0 Å². The van der Waals surface area contributed by atoms with Crippen LogP contribution < -0.4 is 9.47 Å². The second-order valence-electron chi connectivity index (χ2n) is 7.84. The third-order valence-electron chi connectivity index (χ3n) is 5.87. The molecule has 1 amide bonds. The van der Waals surface area contributed by atoms with E-state index < -0.39 is 11.0 Å². The maximum atomic E-state index is 13.7. The van der Waals surface area contributed by atoms with Crippen molar-refractivity contribution in [2.75, 3.05) is 14.2 Å². The van der Waals surface area contributed by atoms with Gasteiger partial charge in [-0.3, -0.25) is 9.59 Å². The van der Waals surface area contributed by atoms with E-state index in [2.05, 4.69) is 4.98 Å². The second kappa shape index (κ2) is 7.34. The van der Waals surface area contributed by atoms with Crippen LogP contribution in [0.2, 0.25) is 5.15 Å². The fourth-order valence-corrected chi connectivity index (χ4v) is 3.97. The van der Waals surface area contributed by atoms with Gasteiger partial charge in [-0.05, 0) is 45.9 Å². The number of rotatable bonds is 5. The normalized spacial score (nSPS) is 20.2. The third kappa shape index (κ3) is 3.25. The molecule has 1 aliphatic rings. The summed E-state index contributed by atoms with van der Waals surface area (Å²) in [6.07, 6.45) is 0. The number of aromatic nitrogens is 1. The Kier molecular flexibility index (Phi) is 5.34. The molecular weight excluding hydrogens is 392 g/mol. The average Bonchev–Trinajstić information content (AvgIpc) is 2.69. The van der Waals surface area contributed by atoms with Gasteiger partial charge in [0.05, 0.1) is 32.0 Å². The highest BCUT2D eigenvalue weighted by molar-refractivity contribution is 6.29. The highest BCUT2D eigenvalue weighted by Crippen LogP contribution is 2.45. The zero-order chi connectivity index (χ0) is 21.6. The number of carbonyl (C=O) groups is 2. The van der Waals surface area contributed by atoms with Gasteiger partial charge >= 0.3 is 0 Å². The monoisotopic (exact) mass is 416 g/mol. The van der Waals surface area contributed by atoms with Crippen molar-refractivity contribution in [2.24, 2.45) is 0 Å². The molecule has 1 aromatic heterocycles. The van der Waals surface area contributed by atoms with Crippen LogP contribution in [-0.4, -0.2) is 35.8 Å². The fourth-order valence-electron chi connectivity index (χ4n) is 3.82. The van der Waals surface area contributed by atoms with Crippen molar-refractivity contribution in [1.29, 1.82) is 0 Å². The lowest BCUT2D eigenvalue weighted by molar-refractivity contribution is -0.150. The predicted molar refractivity (Wildman–Crippen MR) is 110 cm³/mol. The van der Waals surface area contributed by atoms with Gasteiger partial charge in [0.15, 0.2) is 5.78 Å². The molecule has 3 rings (SSSR count). The Morgan fingerprint density at radius 1 is 1.14 bits per heavy atom. The van der Waals surface area contributed by atoms with Gasteiger partial charge in [0.25, 0.3) is 0 Å². The van der Waals surface area contributed by atoms with Crippen molar-refractivity contribution in [3.8, 4) is 11.5 Å². The van der Waals surface area contributed by atoms with Crippen molar-refractivity contribution < 1.29 is 19.1 Å². The number of fused-ring (bicyclic) bond motifs is 1. The molecule has 2 heterocycles. The quantitative estimate of drug-likeness (QED) is 0.546. The number of carbonyl (C=O) groups excluding carboxylic acids is 2. The fraction of sp³-hybridized carbons (Fsp3) is 0.409. The first kappa shape index (κ1) is 21.1. The number of Topliss-reactive ketones (excluding diaryl/α,β-unsaturated/α-hetero) is 1. The van der Waals surface area contributed by atoms with Gasteiger partial charge in [0.2, 0.25) is 5.91 Å². The first-order valence-electron chi connectivity index (χ1n) is 9.28. The topological polar surface area (TPSA) is 68.7 Å². The van der Waals surface area contributed by atoms with Gasteiger partial charge in [-0.25, -0.2) is 4.98 Å². The zero-order valence-corrected chi connectivity index (χ0v) is 18.3. The number of hydrogen-bond acceptors (Lipinski definition) is 5. The van der Waals surface area contributed by atoms with Gasteiger partial charge in [0.1, 0.15) is 22.1 Å². The Labute approximate surface area is 175 Å². The molecule has 0 saturated heterocycles. The predicted octanol–water partition coefficient (Wildman–Crippen LogP) is 3.88. The molecule has 2 aromatic rings. The lowest BCUT2D eigenvalue weighted by Gasteiger charge is -2.49. The van der Waals surface area contributed by atoms with Crippen LogP contribution in [0.25, 0.3) is 0 Å². The molecule has 0 spiro atoms. The Hall–Kier alpha value is -2.60. The zero-order valence-electron chi connectivity index (χ0n) is 17.5. The van der Waals surface area contributed by atoms with E-state index in [9.17, 15) is 9.59 Å². The summed E-state index contributed by atoms with van der Waals surface area (Å²) >= 11 is 6.11. The molecule has 154 valence electrons. The largest absolute Gasteiger partial charge is 0.497 e. The summed E-state index contributed by atoms with van der Waals surface area (Å²) in [5.74, 6) is 0.681. The van der Waals surface area contributed by atoms with E-state index in [0.29, 0.717) is 17.2 Å². The first-order valence-corrected chi connectivity index (χ1v) is 9.66. The van der Waals surface area contributed by atoms with Crippen LogP contribution in [0.4, 0.5) is 0 Å². The van der Waals surface area contributed by atoms with E-state index in [1.165, 1.54) is 6.92 Å². The van der Waals surface area contributed by atoms with Gasteiger partial charge in [-0.15, -0.1) is 0 Å². The van der Waals surface area contributed by atoms with Crippen molar-refractivity contribution in [3.63, 3.8) is 0 Å². The lowest BCUT2D eigenvalue weighted by Crippen LogP contribution is -2.60. The molecule has 1 unspecified atom stereocenters. The summed E-state index contributed by atoms with van der Waals surface area (Å²) in [5, 5.41) is 0.255. The van der Waals surface area contributed by atoms with Gasteiger partial charge in [-0.2, -0.15) is 0 Å². The Morgan fingerprint density at radius 2 is 1.83 bits per heavy atom. The first-order chi connectivity index (χ1) is 13.6. The van der Waals surface area contributed by atoms with Crippen molar-refractivity contribution in [3.05, 3.63) is 52.3 Å². The summed E-state index contributed by atoms with van der Waals surface area (Å²) in [5.41, 5.74) is -0.0811. The van der Waals surface area contributed by atoms with Crippen LogP contribution in [0, 0.1) is 0 Å². The Morgan fingerprint density at radius 3 is 2.41 bits per heavy atom. The van der Waals surface area contributed by atoms with E-state index in [0.717, 1.165) is 11.1 Å². The molecule has 0 bridgehead atoms. The minimum absolute atomic E-state index is 0.255. The van der Waals surface area contributed by atoms with E-state index in [-0.39, 0.29) is 23.4 Å². The van der Waals surface area contributed by atoms with Crippen LogP contribution in [0.15, 0.2) is 30.3 Å². The Balaban J connectivity index is 2.17. The maximum absolute atomic E-state index is 13.7. The molecule has 6 nitrogen and oxygen atoms in total. The number of amides is 1. The number of hydrogen-bond donors (Lipinski definition) is 0. The summed E-state index contributed by atoms with van der Waals surface area (Å²) in [6, 6.07) is 8.98. The number of nitrogens with zero attached hydrogens (tertiary/aromatic N) is 2. The van der Waals surface area contributed by atoms with Crippen LogP contribution in [0.1, 0.15) is 44.5 Å². The van der Waals surface area contributed by atoms with E-state index in [1.807, 2.05) is 32.0 Å². The standard InChI is InChI=1S/C22H25ClN2O4/c1-13(26)22(4)19-16(9-10-18(23)24-19)21(2,3)25(20(22)27)12-14-7-8-15(28-5)11-17(14)29-6/h7-11H,12H2,1-6H3. The Bertz CT molecular complexity index is 989. The van der Waals surface area contributed by atoms with Crippen molar-refractivity contribution in [1.82, 2.24) is 9.88 Å². The van der Waals surface area contributed by atoms with E-state index in [4.69, 9.17) is 21.1 Å². The number of pyridine rings is 1. The third-order valence-corrected chi connectivity index (χ3v) is 6.08. The number of ketones is 1. The molecule has 0 radical (unpaired) electrons. The SMILES string of the molecule is COc1ccc(CN2C(=O)C(C)(C(C)=O)c3nc(Cl)ccc3C2(C)C)c(OC)c1. The summed E-state index contributed by atoms with van der Waals surface area (Å²) in [6.45, 7) is 7.18. The summed E-state index contributed by atoms with van der Waals surface area (Å²) in [7, 11) is 3.15. The average molecular weight is 417 g/mol. The highest BCUT2D eigenvalue weighted by atomic mass is 35.5. The van der Waals surface area contributed by atoms with Crippen LogP contribution >= 0.6 is 11.6 Å². The van der Waals surface area contributed by atoms with E-state index in [1.54, 1.807) is 38.2 Å². The van der Waals surface area contributed by atoms with Crippen LogP contribution in [-0.2, 0) is 27.1 Å². The molecular formula is C22H25ClN2O4. The number of methoxy groups -OCH3 is 2. The van der Waals surface area contributed by atoms with E-state index >= 15 is 0 Å². The minimum atomic E-state index is -1.41. The molecule has 0 saturated carbocycles. The van der Waals surface area contributed by atoms with Crippen LogP contribution in [0.5, 0.6) is 11.5 Å². The molecule has 1 atom stereocenters. The molecule has 7 heteroatoms. The number of benzene rings is 1. The second-order valence-corrected chi connectivity index (χ2v) is 8.23. The maximum Gasteiger partial charge on any atom is 0.243 e. The summed E-state index contributed by atoms with van der Waals surface area (Å²) < 4.78 is 10.8. The molecule has 0 aliphatic carbocycles. The van der Waals surface area contributed by atoms with Gasteiger partial charge in [0, 0.05) is 17.2 Å². The molecule has 0 fully saturated rings. The van der Waals surface area contributed by atoms with Gasteiger partial charge < -0.3 is 14.4 Å². The lowest BCUT2D eigenvalue weighted by atomic mass is 9.70. The highest BCUT2D eigenvalue weighted by Gasteiger charge is 2.54.